The first-order valence-electron chi connectivity index (χ1n) is 12.6. The maximum absolute atomic E-state index is 12.6. The van der Waals surface area contributed by atoms with Crippen LogP contribution in [-0.2, 0) is 6.54 Å². The highest BCUT2D eigenvalue weighted by atomic mass is 35.5. The van der Waals surface area contributed by atoms with Crippen LogP contribution in [0, 0.1) is 6.92 Å². The van der Waals surface area contributed by atoms with E-state index >= 15 is 0 Å². The van der Waals surface area contributed by atoms with Crippen LogP contribution in [0.15, 0.2) is 59.4 Å². The Labute approximate surface area is 221 Å². The Balaban J connectivity index is 1.15. The summed E-state index contributed by atoms with van der Waals surface area (Å²) in [5, 5.41) is 3.53. The highest BCUT2D eigenvalue weighted by Gasteiger charge is 2.24. The number of carbonyl (C=O) groups is 1. The van der Waals surface area contributed by atoms with Gasteiger partial charge in [-0.15, -0.1) is 0 Å². The molecule has 2 amide bonds. The normalized spacial score (nSPS) is 16.6. The summed E-state index contributed by atoms with van der Waals surface area (Å²) < 4.78 is 0. The van der Waals surface area contributed by atoms with Crippen molar-refractivity contribution >= 4 is 35.0 Å². The molecule has 2 N–H and O–H groups in total. The second-order valence-electron chi connectivity index (χ2n) is 9.52. The number of piperazine rings is 2. The number of aromatic amines is 1. The third-order valence-corrected chi connectivity index (χ3v) is 7.21. The van der Waals surface area contributed by atoms with Crippen LogP contribution in [0.2, 0.25) is 5.02 Å². The summed E-state index contributed by atoms with van der Waals surface area (Å²) in [7, 11) is 0. The number of rotatable bonds is 5. The van der Waals surface area contributed by atoms with E-state index in [1.54, 1.807) is 35.2 Å². The highest BCUT2D eigenvalue weighted by Crippen LogP contribution is 2.21. The summed E-state index contributed by atoms with van der Waals surface area (Å²) in [4.78, 5) is 41.3. The molecule has 0 atom stereocenters. The Morgan fingerprint density at radius 1 is 0.946 bits per heavy atom. The van der Waals surface area contributed by atoms with E-state index in [0.29, 0.717) is 49.4 Å². The van der Waals surface area contributed by atoms with Crippen molar-refractivity contribution in [3.8, 4) is 0 Å². The lowest BCUT2D eigenvalue weighted by atomic mass is 10.1. The van der Waals surface area contributed by atoms with Gasteiger partial charge >= 0.3 is 6.03 Å². The van der Waals surface area contributed by atoms with E-state index in [1.807, 2.05) is 4.90 Å². The number of halogens is 1. The Bertz CT molecular complexity index is 1280. The summed E-state index contributed by atoms with van der Waals surface area (Å²) >= 11 is 5.92. The van der Waals surface area contributed by atoms with Gasteiger partial charge in [-0.05, 0) is 42.8 Å². The molecule has 1 aromatic heterocycles. The maximum Gasteiger partial charge on any atom is 0.321 e. The SMILES string of the molecule is Cc1ccccc1N1CCN(Cc2cc(=O)[nH]c(N3CCN(C(=O)Nc4ccc(Cl)cc4)CC3)n2)CC1. The molecule has 3 aromatic rings. The number of nitrogens with zero attached hydrogens (tertiary/aromatic N) is 5. The number of hydrogen-bond donors (Lipinski definition) is 2. The first kappa shape index (κ1) is 25.1. The number of amides is 2. The second kappa shape index (κ2) is 11.2. The van der Waals surface area contributed by atoms with Gasteiger partial charge in [0.25, 0.3) is 5.56 Å². The molecular weight excluding hydrogens is 490 g/mol. The van der Waals surface area contributed by atoms with Crippen molar-refractivity contribution in [1.82, 2.24) is 19.8 Å². The van der Waals surface area contributed by atoms with Crippen LogP contribution in [0.1, 0.15) is 11.3 Å². The zero-order valence-electron chi connectivity index (χ0n) is 21.0. The van der Waals surface area contributed by atoms with Gasteiger partial charge in [-0.25, -0.2) is 9.78 Å². The predicted molar refractivity (Wildman–Crippen MR) is 148 cm³/mol. The molecule has 0 spiro atoms. The van der Waals surface area contributed by atoms with Gasteiger partial charge in [0, 0.05) is 81.4 Å². The first-order chi connectivity index (χ1) is 17.9. The van der Waals surface area contributed by atoms with Gasteiger partial charge in [0.1, 0.15) is 0 Å². The molecule has 2 aliphatic heterocycles. The van der Waals surface area contributed by atoms with Crippen molar-refractivity contribution in [2.45, 2.75) is 13.5 Å². The van der Waals surface area contributed by atoms with E-state index in [9.17, 15) is 9.59 Å². The highest BCUT2D eigenvalue weighted by molar-refractivity contribution is 6.30. The first-order valence-corrected chi connectivity index (χ1v) is 13.0. The average molecular weight is 522 g/mol. The minimum Gasteiger partial charge on any atom is -0.369 e. The van der Waals surface area contributed by atoms with Gasteiger partial charge < -0.3 is 20.0 Å². The van der Waals surface area contributed by atoms with Crippen LogP contribution in [0.4, 0.5) is 22.1 Å². The minimum absolute atomic E-state index is 0.151. The fourth-order valence-electron chi connectivity index (χ4n) is 4.88. The number of benzene rings is 2. The van der Waals surface area contributed by atoms with Crippen LogP contribution < -0.4 is 20.7 Å². The van der Waals surface area contributed by atoms with Crippen molar-refractivity contribution < 1.29 is 4.79 Å². The van der Waals surface area contributed by atoms with Crippen LogP contribution in [-0.4, -0.2) is 78.2 Å². The Morgan fingerprint density at radius 2 is 1.62 bits per heavy atom. The summed E-state index contributed by atoms with van der Waals surface area (Å²) in [5.41, 5.74) is 3.90. The lowest BCUT2D eigenvalue weighted by Crippen LogP contribution is -2.51. The third kappa shape index (κ3) is 6.23. The summed E-state index contributed by atoms with van der Waals surface area (Å²) in [6.45, 7) is 8.77. The molecule has 3 heterocycles. The van der Waals surface area contributed by atoms with Gasteiger partial charge in [0.2, 0.25) is 5.95 Å². The molecule has 37 heavy (non-hydrogen) atoms. The molecule has 2 fully saturated rings. The van der Waals surface area contributed by atoms with E-state index in [2.05, 4.69) is 51.3 Å². The zero-order valence-corrected chi connectivity index (χ0v) is 21.7. The number of H-pyrrole nitrogens is 1. The van der Waals surface area contributed by atoms with Crippen LogP contribution in [0.25, 0.3) is 0 Å². The lowest BCUT2D eigenvalue weighted by Gasteiger charge is -2.37. The number of para-hydroxylation sites is 1. The van der Waals surface area contributed by atoms with Crippen molar-refractivity contribution in [2.24, 2.45) is 0 Å². The molecule has 5 rings (SSSR count). The summed E-state index contributed by atoms with van der Waals surface area (Å²) in [5.74, 6) is 0.568. The fourth-order valence-corrected chi connectivity index (χ4v) is 5.00. The standard InChI is InChI=1S/C27H32ClN7O2/c1-20-4-2-3-5-24(20)33-12-10-32(11-13-33)19-23-18-25(36)31-26(29-23)34-14-16-35(17-15-34)27(37)30-22-8-6-21(28)7-9-22/h2-9,18H,10-17,19H2,1H3,(H,30,37)(H,29,31,36). The van der Waals surface area contributed by atoms with E-state index in [0.717, 1.165) is 31.9 Å². The number of urea groups is 1. The maximum atomic E-state index is 12.6. The smallest absolute Gasteiger partial charge is 0.321 e. The predicted octanol–water partition coefficient (Wildman–Crippen LogP) is 3.41. The molecule has 0 saturated carbocycles. The van der Waals surface area contributed by atoms with Gasteiger partial charge in [-0.1, -0.05) is 29.8 Å². The molecule has 0 radical (unpaired) electrons. The van der Waals surface area contributed by atoms with Gasteiger partial charge in [0.15, 0.2) is 0 Å². The van der Waals surface area contributed by atoms with Gasteiger partial charge in [0.05, 0.1) is 5.69 Å². The molecule has 10 heteroatoms. The van der Waals surface area contributed by atoms with Gasteiger partial charge in [-0.2, -0.15) is 0 Å². The quantitative estimate of drug-likeness (QED) is 0.535. The topological polar surface area (TPSA) is 87.8 Å². The van der Waals surface area contributed by atoms with Crippen molar-refractivity contribution in [3.05, 3.63) is 81.2 Å². The monoisotopic (exact) mass is 521 g/mol. The number of aryl methyl sites for hydroxylation is 1. The van der Waals surface area contributed by atoms with E-state index < -0.39 is 0 Å². The van der Waals surface area contributed by atoms with Gasteiger partial charge in [-0.3, -0.25) is 14.7 Å². The molecule has 9 nitrogen and oxygen atoms in total. The molecule has 2 aromatic carbocycles. The Hall–Kier alpha value is -3.56. The van der Waals surface area contributed by atoms with E-state index in [4.69, 9.17) is 16.6 Å². The van der Waals surface area contributed by atoms with Crippen molar-refractivity contribution in [2.75, 3.05) is 67.5 Å². The number of hydrogen-bond acceptors (Lipinski definition) is 6. The molecule has 0 unspecified atom stereocenters. The van der Waals surface area contributed by atoms with Crippen LogP contribution in [0.3, 0.4) is 0 Å². The minimum atomic E-state index is -0.151. The molecule has 194 valence electrons. The second-order valence-corrected chi connectivity index (χ2v) is 9.96. The molecule has 0 aliphatic carbocycles. The van der Waals surface area contributed by atoms with Crippen molar-refractivity contribution in [3.63, 3.8) is 0 Å². The third-order valence-electron chi connectivity index (χ3n) is 6.96. The molecule has 2 aliphatic rings. The lowest BCUT2D eigenvalue weighted by molar-refractivity contribution is 0.208. The molecule has 0 bridgehead atoms. The fraction of sp³-hybridized carbons (Fsp3) is 0.370. The summed E-state index contributed by atoms with van der Waals surface area (Å²) in [6, 6.07) is 17.0. The molecular formula is C27H32ClN7O2. The van der Waals surface area contributed by atoms with Crippen LogP contribution >= 0.6 is 11.6 Å². The molecule has 2 saturated heterocycles. The van der Waals surface area contributed by atoms with Crippen LogP contribution in [0.5, 0.6) is 0 Å². The Kier molecular flexibility index (Phi) is 7.62. The van der Waals surface area contributed by atoms with E-state index in [-0.39, 0.29) is 11.6 Å². The average Bonchev–Trinajstić information content (AvgIpc) is 2.91. The Morgan fingerprint density at radius 3 is 2.32 bits per heavy atom. The number of anilines is 3. The summed E-state index contributed by atoms with van der Waals surface area (Å²) in [6.07, 6.45) is 0. The number of nitrogens with one attached hydrogen (secondary N) is 2. The number of aromatic nitrogens is 2. The van der Waals surface area contributed by atoms with Crippen molar-refractivity contribution in [1.29, 1.82) is 0 Å². The largest absolute Gasteiger partial charge is 0.369 e. The number of carbonyl (C=O) groups excluding carboxylic acids is 1. The zero-order chi connectivity index (χ0) is 25.8. The van der Waals surface area contributed by atoms with E-state index in [1.165, 1.54) is 11.3 Å².